The number of hydrogen-bond donors (Lipinski definition) is 0. The Morgan fingerprint density at radius 1 is 1.50 bits per heavy atom. The van der Waals surface area contributed by atoms with E-state index in [1.807, 2.05) is 19.2 Å². The summed E-state index contributed by atoms with van der Waals surface area (Å²) < 4.78 is 7.20. The van der Waals surface area contributed by atoms with Crippen molar-refractivity contribution in [1.82, 2.24) is 9.55 Å². The maximum absolute atomic E-state index is 8.91. The maximum Gasteiger partial charge on any atom is 0.109 e. The number of ether oxygens (including phenoxy) is 1. The topological polar surface area (TPSA) is 50.8 Å². The minimum atomic E-state index is 0.431. The molecule has 0 aliphatic carbocycles. The summed E-state index contributed by atoms with van der Waals surface area (Å²) >= 11 is 0. The normalized spacial score (nSPS) is 12.6. The molecule has 0 radical (unpaired) electrons. The molecule has 0 aliphatic rings. The highest BCUT2D eigenvalue weighted by Crippen LogP contribution is 2.18. The quantitative estimate of drug-likeness (QED) is 0.827. The minimum Gasteiger partial charge on any atom is -0.384 e. The number of nitrogens with zero attached hydrogens (tertiary/aromatic N) is 3. The van der Waals surface area contributed by atoms with Crippen LogP contribution < -0.4 is 0 Å². The molecule has 1 aromatic carbocycles. The van der Waals surface area contributed by atoms with Crippen molar-refractivity contribution in [3.63, 3.8) is 0 Å². The number of methoxy groups -OCH3 is 1. The average molecular weight is 243 g/mol. The van der Waals surface area contributed by atoms with Crippen molar-refractivity contribution in [1.29, 1.82) is 5.26 Å². The number of rotatable bonds is 4. The fourth-order valence-electron chi connectivity index (χ4n) is 2.15. The molecule has 0 saturated heterocycles. The molecule has 2 aromatic rings. The lowest BCUT2D eigenvalue weighted by atomic mass is 10.1. The van der Waals surface area contributed by atoms with E-state index in [4.69, 9.17) is 10.00 Å². The van der Waals surface area contributed by atoms with E-state index in [1.54, 1.807) is 13.2 Å². The molecule has 0 N–H and O–H groups in total. The van der Waals surface area contributed by atoms with E-state index in [-0.39, 0.29) is 0 Å². The van der Waals surface area contributed by atoms with Crippen molar-refractivity contribution in [2.24, 2.45) is 13.0 Å². The molecule has 18 heavy (non-hydrogen) atoms. The molecule has 1 aromatic heterocycles. The third-order valence-corrected chi connectivity index (χ3v) is 3.08. The lowest BCUT2D eigenvalue weighted by Gasteiger charge is -2.09. The van der Waals surface area contributed by atoms with Gasteiger partial charge < -0.3 is 9.30 Å². The van der Waals surface area contributed by atoms with E-state index in [9.17, 15) is 0 Å². The summed E-state index contributed by atoms with van der Waals surface area (Å²) in [6.45, 7) is 2.87. The van der Waals surface area contributed by atoms with Crippen LogP contribution in [0.4, 0.5) is 0 Å². The fraction of sp³-hybridized carbons (Fsp3) is 0.429. The van der Waals surface area contributed by atoms with Crippen LogP contribution in [0.3, 0.4) is 0 Å². The number of aryl methyl sites for hydroxylation is 1. The van der Waals surface area contributed by atoms with Crippen LogP contribution in [0.25, 0.3) is 11.0 Å². The van der Waals surface area contributed by atoms with Crippen LogP contribution in [-0.4, -0.2) is 23.3 Å². The van der Waals surface area contributed by atoms with Gasteiger partial charge in [-0.2, -0.15) is 5.26 Å². The van der Waals surface area contributed by atoms with Crippen LogP contribution in [0.5, 0.6) is 0 Å². The SMILES string of the molecule is COCC(C)Cc1nc2ccc(C#N)cc2n1C. The molecule has 4 heteroatoms. The van der Waals surface area contributed by atoms with E-state index < -0.39 is 0 Å². The fourth-order valence-corrected chi connectivity index (χ4v) is 2.15. The molecule has 0 fully saturated rings. The first kappa shape index (κ1) is 12.6. The van der Waals surface area contributed by atoms with Crippen molar-refractivity contribution in [2.45, 2.75) is 13.3 Å². The van der Waals surface area contributed by atoms with Gasteiger partial charge in [0.1, 0.15) is 5.82 Å². The molecule has 94 valence electrons. The van der Waals surface area contributed by atoms with E-state index in [2.05, 4.69) is 22.5 Å². The second-order valence-electron chi connectivity index (χ2n) is 4.67. The third-order valence-electron chi connectivity index (χ3n) is 3.08. The van der Waals surface area contributed by atoms with Gasteiger partial charge in [0, 0.05) is 27.2 Å². The van der Waals surface area contributed by atoms with E-state index >= 15 is 0 Å². The van der Waals surface area contributed by atoms with Gasteiger partial charge in [0.15, 0.2) is 0 Å². The zero-order valence-electron chi connectivity index (χ0n) is 11.0. The van der Waals surface area contributed by atoms with Gasteiger partial charge in [-0.15, -0.1) is 0 Å². The number of nitriles is 1. The minimum absolute atomic E-state index is 0.431. The van der Waals surface area contributed by atoms with Crippen molar-refractivity contribution in [2.75, 3.05) is 13.7 Å². The van der Waals surface area contributed by atoms with E-state index in [0.717, 1.165) is 29.9 Å². The highest BCUT2D eigenvalue weighted by Gasteiger charge is 2.11. The van der Waals surface area contributed by atoms with Gasteiger partial charge in [0.25, 0.3) is 0 Å². The Bertz CT molecular complexity index is 595. The van der Waals surface area contributed by atoms with Crippen molar-refractivity contribution < 1.29 is 4.74 Å². The van der Waals surface area contributed by atoms with Crippen LogP contribution in [-0.2, 0) is 18.2 Å². The summed E-state index contributed by atoms with van der Waals surface area (Å²) in [5.41, 5.74) is 2.62. The van der Waals surface area contributed by atoms with Crippen LogP contribution in [0.15, 0.2) is 18.2 Å². The second kappa shape index (κ2) is 5.19. The Morgan fingerprint density at radius 3 is 2.94 bits per heavy atom. The molecular weight excluding hydrogens is 226 g/mol. The van der Waals surface area contributed by atoms with Gasteiger partial charge in [-0.1, -0.05) is 6.92 Å². The largest absolute Gasteiger partial charge is 0.384 e. The van der Waals surface area contributed by atoms with Crippen molar-refractivity contribution in [3.05, 3.63) is 29.6 Å². The van der Waals surface area contributed by atoms with Crippen LogP contribution in [0.1, 0.15) is 18.3 Å². The summed E-state index contributed by atoms with van der Waals surface area (Å²) in [6.07, 6.45) is 0.876. The van der Waals surface area contributed by atoms with Gasteiger partial charge in [-0.05, 0) is 24.1 Å². The van der Waals surface area contributed by atoms with Gasteiger partial charge in [0.05, 0.1) is 22.7 Å². The predicted molar refractivity (Wildman–Crippen MR) is 70.2 cm³/mol. The summed E-state index contributed by atoms with van der Waals surface area (Å²) in [7, 11) is 3.70. The number of hydrogen-bond acceptors (Lipinski definition) is 3. The smallest absolute Gasteiger partial charge is 0.109 e. The molecule has 1 unspecified atom stereocenters. The van der Waals surface area contributed by atoms with Crippen LogP contribution in [0, 0.1) is 17.2 Å². The molecule has 0 aliphatic heterocycles. The third kappa shape index (κ3) is 2.36. The summed E-state index contributed by atoms with van der Waals surface area (Å²) in [6, 6.07) is 7.74. The Hall–Kier alpha value is -1.86. The average Bonchev–Trinajstić information content (AvgIpc) is 2.66. The van der Waals surface area contributed by atoms with Gasteiger partial charge >= 0.3 is 0 Å². The highest BCUT2D eigenvalue weighted by atomic mass is 16.5. The molecule has 0 spiro atoms. The summed E-state index contributed by atoms with van der Waals surface area (Å²) in [4.78, 5) is 4.61. The number of imidazole rings is 1. The molecule has 4 nitrogen and oxygen atoms in total. The number of benzene rings is 1. The van der Waals surface area contributed by atoms with Gasteiger partial charge in [0.2, 0.25) is 0 Å². The zero-order valence-corrected chi connectivity index (χ0v) is 11.0. The number of fused-ring (bicyclic) bond motifs is 1. The van der Waals surface area contributed by atoms with Crippen LogP contribution >= 0.6 is 0 Å². The molecule has 1 atom stereocenters. The predicted octanol–water partition coefficient (Wildman–Crippen LogP) is 2.27. The molecule has 0 amide bonds. The van der Waals surface area contributed by atoms with Crippen LogP contribution in [0.2, 0.25) is 0 Å². The van der Waals surface area contributed by atoms with E-state index in [1.165, 1.54) is 0 Å². The molecule has 0 bridgehead atoms. The lowest BCUT2D eigenvalue weighted by Crippen LogP contribution is -2.10. The first-order chi connectivity index (χ1) is 8.65. The first-order valence-corrected chi connectivity index (χ1v) is 6.00. The summed E-state index contributed by atoms with van der Waals surface area (Å²) in [5.74, 6) is 1.46. The molecule has 1 heterocycles. The standard InChI is InChI=1S/C14H17N3O/c1-10(9-18-3)6-14-16-12-5-4-11(8-15)7-13(12)17(14)2/h4-5,7,10H,6,9H2,1-3H3. The Morgan fingerprint density at radius 2 is 2.28 bits per heavy atom. The Balaban J connectivity index is 2.36. The highest BCUT2D eigenvalue weighted by molar-refractivity contribution is 5.77. The Kier molecular flexibility index (Phi) is 3.63. The van der Waals surface area contributed by atoms with Crippen molar-refractivity contribution in [3.8, 4) is 6.07 Å². The maximum atomic E-state index is 8.91. The van der Waals surface area contributed by atoms with Gasteiger partial charge in [-0.25, -0.2) is 4.98 Å². The van der Waals surface area contributed by atoms with Crippen molar-refractivity contribution >= 4 is 11.0 Å². The Labute approximate surface area is 107 Å². The molecular formula is C14H17N3O. The van der Waals surface area contributed by atoms with Gasteiger partial charge in [-0.3, -0.25) is 0 Å². The summed E-state index contributed by atoms with van der Waals surface area (Å²) in [5, 5.41) is 8.91. The zero-order chi connectivity index (χ0) is 13.1. The monoisotopic (exact) mass is 243 g/mol. The number of aromatic nitrogens is 2. The van der Waals surface area contributed by atoms with E-state index in [0.29, 0.717) is 11.5 Å². The molecule has 0 saturated carbocycles. The lowest BCUT2D eigenvalue weighted by molar-refractivity contribution is 0.158. The second-order valence-corrected chi connectivity index (χ2v) is 4.67. The first-order valence-electron chi connectivity index (χ1n) is 6.00. The molecule has 2 rings (SSSR count).